The highest BCUT2D eigenvalue weighted by molar-refractivity contribution is 9.10. The van der Waals surface area contributed by atoms with E-state index in [1.54, 1.807) is 0 Å². The van der Waals surface area contributed by atoms with E-state index in [0.29, 0.717) is 6.04 Å². The van der Waals surface area contributed by atoms with Gasteiger partial charge in [-0.2, -0.15) is 5.10 Å². The van der Waals surface area contributed by atoms with E-state index in [2.05, 4.69) is 63.5 Å². The lowest BCUT2D eigenvalue weighted by Gasteiger charge is -2.20. The fourth-order valence-electron chi connectivity index (χ4n) is 2.61. The van der Waals surface area contributed by atoms with E-state index in [1.807, 2.05) is 0 Å². The smallest absolute Gasteiger partial charge is 0.0739 e. The van der Waals surface area contributed by atoms with E-state index < -0.39 is 0 Å². The average molecular weight is 315 g/mol. The van der Waals surface area contributed by atoms with Gasteiger partial charge < -0.3 is 4.90 Å². The summed E-state index contributed by atoms with van der Waals surface area (Å²) in [5.41, 5.74) is 2.41. The highest BCUT2D eigenvalue weighted by atomic mass is 79.9. The number of likely N-dealkylation sites (N-methyl/N-ethyl adjacent to an activating group) is 1. The van der Waals surface area contributed by atoms with Gasteiger partial charge in [-0.15, -0.1) is 0 Å². The summed E-state index contributed by atoms with van der Waals surface area (Å²) in [6.45, 7) is 8.49. The number of hydrogen-bond acceptors (Lipinski definition) is 3. The van der Waals surface area contributed by atoms with Gasteiger partial charge >= 0.3 is 0 Å². The van der Waals surface area contributed by atoms with Crippen LogP contribution in [0.15, 0.2) is 4.47 Å². The van der Waals surface area contributed by atoms with Gasteiger partial charge in [0.25, 0.3) is 0 Å². The van der Waals surface area contributed by atoms with E-state index in [0.717, 1.165) is 25.3 Å². The highest BCUT2D eigenvalue weighted by Gasteiger charge is 2.25. The molecule has 0 aliphatic carbocycles. The minimum atomic E-state index is 0.697. The van der Waals surface area contributed by atoms with Crippen molar-refractivity contribution in [2.24, 2.45) is 0 Å². The minimum Gasteiger partial charge on any atom is -0.305 e. The Balaban J connectivity index is 2.06. The van der Waals surface area contributed by atoms with Gasteiger partial charge in [0, 0.05) is 32.2 Å². The van der Waals surface area contributed by atoms with Crippen molar-refractivity contribution in [3.8, 4) is 0 Å². The Hall–Kier alpha value is -0.390. The monoisotopic (exact) mass is 314 g/mol. The van der Waals surface area contributed by atoms with Crippen molar-refractivity contribution >= 4 is 15.9 Å². The molecule has 1 aromatic heterocycles. The highest BCUT2D eigenvalue weighted by Crippen LogP contribution is 2.24. The van der Waals surface area contributed by atoms with E-state index in [-0.39, 0.29) is 0 Å². The second-order valence-electron chi connectivity index (χ2n) is 5.30. The van der Waals surface area contributed by atoms with Crippen LogP contribution in [-0.2, 0) is 13.1 Å². The van der Waals surface area contributed by atoms with Crippen LogP contribution in [0.4, 0.5) is 0 Å². The lowest BCUT2D eigenvalue weighted by molar-refractivity contribution is 0.260. The molecule has 0 saturated carbocycles. The molecule has 0 bridgehead atoms. The molecule has 2 heterocycles. The maximum atomic E-state index is 4.56. The summed E-state index contributed by atoms with van der Waals surface area (Å²) in [6, 6.07) is 0.697. The molecule has 5 heteroatoms. The van der Waals surface area contributed by atoms with Crippen molar-refractivity contribution < 1.29 is 0 Å². The molecule has 1 fully saturated rings. The summed E-state index contributed by atoms with van der Waals surface area (Å²) in [5, 5.41) is 4.56. The van der Waals surface area contributed by atoms with Gasteiger partial charge in [0.1, 0.15) is 0 Å². The van der Waals surface area contributed by atoms with Crippen molar-refractivity contribution in [2.75, 3.05) is 27.2 Å². The number of aryl methyl sites for hydroxylation is 2. The Kier molecular flexibility index (Phi) is 4.45. The topological polar surface area (TPSA) is 24.3 Å². The molecule has 1 aromatic rings. The largest absolute Gasteiger partial charge is 0.305 e. The number of likely N-dealkylation sites (tertiary alicyclic amines) is 1. The van der Waals surface area contributed by atoms with Crippen LogP contribution >= 0.6 is 15.9 Å². The fourth-order valence-corrected chi connectivity index (χ4v) is 3.02. The average Bonchev–Trinajstić information content (AvgIpc) is 2.89. The zero-order valence-corrected chi connectivity index (χ0v) is 13.4. The normalized spacial score (nSPS) is 21.1. The molecular weight excluding hydrogens is 292 g/mol. The predicted molar refractivity (Wildman–Crippen MR) is 77.7 cm³/mol. The number of halogens is 1. The van der Waals surface area contributed by atoms with Crippen LogP contribution in [0.25, 0.3) is 0 Å². The van der Waals surface area contributed by atoms with Gasteiger partial charge in [-0.1, -0.05) is 0 Å². The molecule has 1 saturated heterocycles. The summed E-state index contributed by atoms with van der Waals surface area (Å²) in [6.07, 6.45) is 1.27. The van der Waals surface area contributed by atoms with Gasteiger partial charge in [0.05, 0.1) is 15.9 Å². The van der Waals surface area contributed by atoms with Crippen molar-refractivity contribution in [1.29, 1.82) is 0 Å². The Morgan fingerprint density at radius 1 is 1.44 bits per heavy atom. The molecule has 18 heavy (non-hydrogen) atoms. The first-order valence-corrected chi connectivity index (χ1v) is 7.42. The molecule has 1 atom stereocenters. The van der Waals surface area contributed by atoms with Crippen LogP contribution < -0.4 is 0 Å². The van der Waals surface area contributed by atoms with Crippen molar-refractivity contribution in [2.45, 2.75) is 39.4 Å². The maximum Gasteiger partial charge on any atom is 0.0739 e. The molecular formula is C13H23BrN4. The molecule has 1 aliphatic rings. The Labute approximate surface area is 118 Å². The van der Waals surface area contributed by atoms with Crippen molar-refractivity contribution in [3.63, 3.8) is 0 Å². The Bertz CT molecular complexity index is 413. The van der Waals surface area contributed by atoms with Crippen molar-refractivity contribution in [3.05, 3.63) is 15.9 Å². The van der Waals surface area contributed by atoms with Gasteiger partial charge in [0.15, 0.2) is 0 Å². The number of rotatable bonds is 4. The first-order chi connectivity index (χ1) is 8.52. The van der Waals surface area contributed by atoms with Gasteiger partial charge in [0.2, 0.25) is 0 Å². The zero-order chi connectivity index (χ0) is 13.3. The third-order valence-electron chi connectivity index (χ3n) is 3.80. The number of hydrogen-bond donors (Lipinski definition) is 0. The molecule has 0 amide bonds. The summed E-state index contributed by atoms with van der Waals surface area (Å²) >= 11 is 3.67. The third-order valence-corrected chi connectivity index (χ3v) is 4.84. The second kappa shape index (κ2) is 5.72. The second-order valence-corrected chi connectivity index (χ2v) is 6.10. The standard InChI is InChI=1S/C13H23BrN4/c1-5-18-12(13(14)10(2)15-18)9-17-7-6-11(8-17)16(3)4/h11H,5-9H2,1-4H3. The molecule has 0 spiro atoms. The zero-order valence-electron chi connectivity index (χ0n) is 11.8. The lowest BCUT2D eigenvalue weighted by atomic mass is 10.2. The summed E-state index contributed by atoms with van der Waals surface area (Å²) < 4.78 is 3.29. The summed E-state index contributed by atoms with van der Waals surface area (Å²) in [7, 11) is 4.34. The molecule has 0 radical (unpaired) electrons. The SMILES string of the molecule is CCn1nc(C)c(Br)c1CN1CCC(N(C)C)C1. The van der Waals surface area contributed by atoms with Gasteiger partial charge in [-0.3, -0.25) is 9.58 Å². The van der Waals surface area contributed by atoms with E-state index in [1.165, 1.54) is 23.1 Å². The van der Waals surface area contributed by atoms with Crippen LogP contribution in [-0.4, -0.2) is 52.8 Å². The van der Waals surface area contributed by atoms with Gasteiger partial charge in [-0.05, 0) is 50.3 Å². The van der Waals surface area contributed by atoms with E-state index in [9.17, 15) is 0 Å². The molecule has 0 N–H and O–H groups in total. The summed E-state index contributed by atoms with van der Waals surface area (Å²) in [5.74, 6) is 0. The maximum absolute atomic E-state index is 4.56. The predicted octanol–water partition coefficient (Wildman–Crippen LogP) is 2.11. The van der Waals surface area contributed by atoms with E-state index >= 15 is 0 Å². The number of aromatic nitrogens is 2. The lowest BCUT2D eigenvalue weighted by Crippen LogP contribution is -2.31. The third kappa shape index (κ3) is 2.78. The molecule has 102 valence electrons. The molecule has 0 aromatic carbocycles. The minimum absolute atomic E-state index is 0.697. The van der Waals surface area contributed by atoms with Crippen LogP contribution in [0.2, 0.25) is 0 Å². The fraction of sp³-hybridized carbons (Fsp3) is 0.769. The van der Waals surface area contributed by atoms with Crippen LogP contribution in [0.3, 0.4) is 0 Å². The van der Waals surface area contributed by atoms with Crippen LogP contribution in [0, 0.1) is 6.92 Å². The molecule has 4 nitrogen and oxygen atoms in total. The molecule has 2 rings (SSSR count). The van der Waals surface area contributed by atoms with E-state index in [4.69, 9.17) is 0 Å². The van der Waals surface area contributed by atoms with Crippen molar-refractivity contribution in [1.82, 2.24) is 19.6 Å². The Morgan fingerprint density at radius 3 is 2.72 bits per heavy atom. The molecule has 1 unspecified atom stereocenters. The Morgan fingerprint density at radius 2 is 2.17 bits per heavy atom. The van der Waals surface area contributed by atoms with Crippen LogP contribution in [0.1, 0.15) is 24.7 Å². The first-order valence-electron chi connectivity index (χ1n) is 6.63. The van der Waals surface area contributed by atoms with Crippen LogP contribution in [0.5, 0.6) is 0 Å². The van der Waals surface area contributed by atoms with Gasteiger partial charge in [-0.25, -0.2) is 0 Å². The number of nitrogens with zero attached hydrogens (tertiary/aromatic N) is 4. The first kappa shape index (κ1) is 14.0. The summed E-state index contributed by atoms with van der Waals surface area (Å²) in [4.78, 5) is 4.86. The molecule has 1 aliphatic heterocycles. The quantitative estimate of drug-likeness (QED) is 0.850.